The molecule has 4 rings (SSSR count). The highest BCUT2D eigenvalue weighted by Crippen LogP contribution is 2.29. The van der Waals surface area contributed by atoms with Gasteiger partial charge in [-0.3, -0.25) is 9.89 Å². The lowest BCUT2D eigenvalue weighted by Gasteiger charge is -2.30. The highest BCUT2D eigenvalue weighted by Gasteiger charge is 2.30. The van der Waals surface area contributed by atoms with E-state index < -0.39 is 0 Å². The molecule has 0 spiro atoms. The number of aromatic nitrogens is 3. The summed E-state index contributed by atoms with van der Waals surface area (Å²) in [6, 6.07) is 9.80. The van der Waals surface area contributed by atoms with E-state index in [0.29, 0.717) is 24.6 Å². The molecule has 1 amide bonds. The molecule has 1 aliphatic heterocycles. The maximum Gasteiger partial charge on any atom is 0.274 e. The van der Waals surface area contributed by atoms with Crippen molar-refractivity contribution in [2.24, 2.45) is 0 Å². The number of likely N-dealkylation sites (tertiary alicyclic amines) is 1. The fourth-order valence-corrected chi connectivity index (χ4v) is 3.92. The number of hydrogen-bond donors (Lipinski definition) is 1. The molecule has 1 N–H and O–H groups in total. The minimum Gasteiger partial charge on any atom is -0.497 e. The normalized spacial score (nSPS) is 17.0. The second kappa shape index (κ2) is 8.57. The number of piperidine rings is 1. The van der Waals surface area contributed by atoms with Gasteiger partial charge in [-0.1, -0.05) is 32.9 Å². The van der Waals surface area contributed by atoms with Crippen molar-refractivity contribution in [2.45, 2.75) is 51.4 Å². The predicted molar refractivity (Wildman–Crippen MR) is 117 cm³/mol. The second-order valence-electron chi connectivity index (χ2n) is 9.20. The van der Waals surface area contributed by atoms with Gasteiger partial charge in [0.1, 0.15) is 17.2 Å². The summed E-state index contributed by atoms with van der Waals surface area (Å²) in [7, 11) is 1.66. The zero-order chi connectivity index (χ0) is 22.0. The number of carbonyl (C=O) groups excluding carboxylic acids is 1. The fourth-order valence-electron chi connectivity index (χ4n) is 3.92. The molecular weight excluding hydrogens is 392 g/mol. The highest BCUT2D eigenvalue weighted by molar-refractivity contribution is 5.92. The average Bonchev–Trinajstić information content (AvgIpc) is 3.43. The summed E-state index contributed by atoms with van der Waals surface area (Å²) in [6.07, 6.45) is 4.32. The van der Waals surface area contributed by atoms with Crippen LogP contribution in [0.25, 0.3) is 0 Å². The first-order valence-electron chi connectivity index (χ1n) is 10.8. The van der Waals surface area contributed by atoms with Crippen LogP contribution in [-0.2, 0) is 11.8 Å². The SMILES string of the molecule is COc1cccc(Cc2cnc([C@H]3CCCN(C(=O)c4cc(C(C)(C)C)[nH]n4)C3)o2)c1. The molecular formula is C24H30N4O3. The predicted octanol–water partition coefficient (Wildman–Crippen LogP) is 4.31. The van der Waals surface area contributed by atoms with E-state index in [-0.39, 0.29) is 17.2 Å². The summed E-state index contributed by atoms with van der Waals surface area (Å²) in [5, 5.41) is 7.26. The van der Waals surface area contributed by atoms with E-state index in [1.54, 1.807) is 13.3 Å². The Morgan fingerprint density at radius 1 is 1.32 bits per heavy atom. The molecule has 2 aromatic heterocycles. The van der Waals surface area contributed by atoms with Gasteiger partial charge in [0.05, 0.1) is 19.2 Å². The van der Waals surface area contributed by atoms with Crippen LogP contribution in [0.2, 0.25) is 0 Å². The van der Waals surface area contributed by atoms with Gasteiger partial charge in [-0.2, -0.15) is 5.10 Å². The zero-order valence-corrected chi connectivity index (χ0v) is 18.6. The van der Waals surface area contributed by atoms with E-state index in [4.69, 9.17) is 9.15 Å². The average molecular weight is 423 g/mol. The van der Waals surface area contributed by atoms with Gasteiger partial charge < -0.3 is 14.1 Å². The number of H-pyrrole nitrogens is 1. The van der Waals surface area contributed by atoms with Crippen molar-refractivity contribution in [3.8, 4) is 5.75 Å². The molecule has 0 radical (unpaired) electrons. The molecule has 3 heterocycles. The van der Waals surface area contributed by atoms with Crippen molar-refractivity contribution >= 4 is 5.91 Å². The smallest absolute Gasteiger partial charge is 0.274 e. The van der Waals surface area contributed by atoms with Gasteiger partial charge >= 0.3 is 0 Å². The molecule has 0 unspecified atom stereocenters. The summed E-state index contributed by atoms with van der Waals surface area (Å²) in [4.78, 5) is 19.4. The van der Waals surface area contributed by atoms with Crippen LogP contribution in [0.3, 0.4) is 0 Å². The van der Waals surface area contributed by atoms with Crippen LogP contribution in [0.15, 0.2) is 40.9 Å². The summed E-state index contributed by atoms with van der Waals surface area (Å²) in [5.41, 5.74) is 2.46. The second-order valence-corrected chi connectivity index (χ2v) is 9.20. The Morgan fingerprint density at radius 3 is 2.90 bits per heavy atom. The van der Waals surface area contributed by atoms with E-state index in [2.05, 4.69) is 36.0 Å². The van der Waals surface area contributed by atoms with Gasteiger partial charge in [0.25, 0.3) is 5.91 Å². The molecule has 7 nitrogen and oxygen atoms in total. The lowest BCUT2D eigenvalue weighted by atomic mass is 9.92. The summed E-state index contributed by atoms with van der Waals surface area (Å²) < 4.78 is 11.4. The Hall–Kier alpha value is -3.09. The van der Waals surface area contributed by atoms with E-state index in [0.717, 1.165) is 42.2 Å². The molecule has 1 fully saturated rings. The standard InChI is InChI=1S/C24H30N4O3/c1-24(2,3)21-13-20(26-27-21)23(29)28-10-6-8-17(15-28)22-25-14-19(31-22)12-16-7-5-9-18(11-16)30-4/h5,7,9,11,13-14,17H,6,8,10,12,15H2,1-4H3,(H,26,27)/t17-/m0/s1. The van der Waals surface area contributed by atoms with Crippen LogP contribution >= 0.6 is 0 Å². The van der Waals surface area contributed by atoms with Gasteiger partial charge in [0.15, 0.2) is 5.89 Å². The Labute approximate surface area is 182 Å². The van der Waals surface area contributed by atoms with Crippen molar-refractivity contribution in [3.05, 3.63) is 65.1 Å². The molecule has 3 aromatic rings. The first-order chi connectivity index (χ1) is 14.8. The van der Waals surface area contributed by atoms with Gasteiger partial charge in [-0.25, -0.2) is 4.98 Å². The van der Waals surface area contributed by atoms with E-state index in [1.807, 2.05) is 35.2 Å². The number of methoxy groups -OCH3 is 1. The topological polar surface area (TPSA) is 84.2 Å². The van der Waals surface area contributed by atoms with Crippen molar-refractivity contribution < 1.29 is 13.9 Å². The summed E-state index contributed by atoms with van der Waals surface area (Å²) >= 11 is 0. The Morgan fingerprint density at radius 2 is 2.16 bits per heavy atom. The fraction of sp³-hybridized carbons (Fsp3) is 0.458. The van der Waals surface area contributed by atoms with Gasteiger partial charge in [-0.15, -0.1) is 0 Å². The molecule has 1 aliphatic rings. The number of aromatic amines is 1. The molecule has 7 heteroatoms. The Kier molecular flexibility index (Phi) is 5.85. The Balaban J connectivity index is 1.43. The van der Waals surface area contributed by atoms with Crippen molar-refractivity contribution in [1.82, 2.24) is 20.1 Å². The van der Waals surface area contributed by atoms with E-state index in [9.17, 15) is 4.79 Å². The number of nitrogens with one attached hydrogen (secondary N) is 1. The minimum absolute atomic E-state index is 0.0420. The van der Waals surface area contributed by atoms with E-state index >= 15 is 0 Å². The van der Waals surface area contributed by atoms with Crippen LogP contribution in [0, 0.1) is 0 Å². The first kappa shape index (κ1) is 21.2. The van der Waals surface area contributed by atoms with Crippen LogP contribution < -0.4 is 4.74 Å². The number of nitrogens with zero attached hydrogens (tertiary/aromatic N) is 3. The third kappa shape index (κ3) is 4.81. The van der Waals surface area contributed by atoms with Crippen LogP contribution in [-0.4, -0.2) is 46.2 Å². The third-order valence-electron chi connectivity index (χ3n) is 5.75. The van der Waals surface area contributed by atoms with Crippen LogP contribution in [0.5, 0.6) is 5.75 Å². The number of benzene rings is 1. The minimum atomic E-state index is -0.0762. The number of carbonyl (C=O) groups is 1. The maximum atomic E-state index is 13.0. The van der Waals surface area contributed by atoms with E-state index in [1.165, 1.54) is 0 Å². The number of ether oxygens (including phenoxy) is 1. The molecule has 1 atom stereocenters. The molecule has 1 saturated heterocycles. The van der Waals surface area contributed by atoms with Crippen LogP contribution in [0.1, 0.15) is 72.9 Å². The molecule has 0 bridgehead atoms. The molecule has 1 aromatic carbocycles. The van der Waals surface area contributed by atoms with Crippen molar-refractivity contribution in [2.75, 3.05) is 20.2 Å². The van der Waals surface area contributed by atoms with Crippen molar-refractivity contribution in [1.29, 1.82) is 0 Å². The molecule has 0 saturated carbocycles. The summed E-state index contributed by atoms with van der Waals surface area (Å²) in [6.45, 7) is 7.60. The number of amides is 1. The maximum absolute atomic E-state index is 13.0. The molecule has 0 aliphatic carbocycles. The van der Waals surface area contributed by atoms with Gasteiger partial charge in [-0.05, 0) is 36.6 Å². The lowest BCUT2D eigenvalue weighted by molar-refractivity contribution is 0.0692. The van der Waals surface area contributed by atoms with Gasteiger partial charge in [0.2, 0.25) is 0 Å². The third-order valence-corrected chi connectivity index (χ3v) is 5.75. The molecule has 31 heavy (non-hydrogen) atoms. The lowest BCUT2D eigenvalue weighted by Crippen LogP contribution is -2.39. The number of rotatable bonds is 5. The number of oxazole rings is 1. The first-order valence-corrected chi connectivity index (χ1v) is 10.8. The largest absolute Gasteiger partial charge is 0.497 e. The van der Waals surface area contributed by atoms with Crippen LogP contribution in [0.4, 0.5) is 0 Å². The number of hydrogen-bond acceptors (Lipinski definition) is 5. The summed E-state index contributed by atoms with van der Waals surface area (Å²) in [5.74, 6) is 2.39. The van der Waals surface area contributed by atoms with Gasteiger partial charge in [0, 0.05) is 30.6 Å². The van der Waals surface area contributed by atoms with Crippen molar-refractivity contribution in [3.63, 3.8) is 0 Å². The zero-order valence-electron chi connectivity index (χ0n) is 18.6. The quantitative estimate of drug-likeness (QED) is 0.662. The Bertz CT molecular complexity index is 1050. The monoisotopic (exact) mass is 422 g/mol. The molecule has 164 valence electrons. The highest BCUT2D eigenvalue weighted by atomic mass is 16.5.